The molecule has 0 fully saturated rings. The van der Waals surface area contributed by atoms with Crippen molar-refractivity contribution in [2.75, 3.05) is 0 Å². The van der Waals surface area contributed by atoms with Gasteiger partial charge in [0.2, 0.25) is 0 Å². The molecule has 0 aliphatic rings. The number of rotatable bonds is 9. The fraction of sp³-hybridized carbons (Fsp3) is 0. The van der Waals surface area contributed by atoms with Crippen molar-refractivity contribution in [3.05, 3.63) is 254 Å². The van der Waals surface area contributed by atoms with Crippen LogP contribution in [0.4, 0.5) is 0 Å². The van der Waals surface area contributed by atoms with Crippen molar-refractivity contribution in [1.29, 1.82) is 5.26 Å². The van der Waals surface area contributed by atoms with Crippen molar-refractivity contribution < 1.29 is 0 Å². The lowest BCUT2D eigenvalue weighted by atomic mass is 9.88. The van der Waals surface area contributed by atoms with E-state index in [1.807, 2.05) is 60.7 Å². The van der Waals surface area contributed by atoms with Gasteiger partial charge in [-0.05, 0) is 73.6 Å². The van der Waals surface area contributed by atoms with Crippen LogP contribution in [0.1, 0.15) is 5.56 Å². The van der Waals surface area contributed by atoms with Crippen molar-refractivity contribution >= 4 is 21.5 Å². The van der Waals surface area contributed by atoms with E-state index >= 15 is 0 Å². The van der Waals surface area contributed by atoms with Crippen molar-refractivity contribution in [2.24, 2.45) is 0 Å². The third-order valence-electron chi connectivity index (χ3n) is 13.0. The summed E-state index contributed by atoms with van der Waals surface area (Å²) in [6, 6.07) is 88.0. The molecule has 0 spiro atoms. The van der Waals surface area contributed by atoms with Crippen LogP contribution in [0.3, 0.4) is 0 Å². The highest BCUT2D eigenvalue weighted by Gasteiger charge is 2.17. The fourth-order valence-corrected chi connectivity index (χ4v) is 9.46. The molecule has 0 aliphatic carbocycles. The quantitative estimate of drug-likeness (QED) is 0.144. The molecule has 0 aliphatic heterocycles. The highest BCUT2D eigenvalue weighted by atomic mass is 14.9. The van der Waals surface area contributed by atoms with Crippen LogP contribution in [0, 0.1) is 11.3 Å². The summed E-state index contributed by atoms with van der Waals surface area (Å²) in [5, 5.41) is 15.0. The van der Waals surface area contributed by atoms with E-state index in [-0.39, 0.29) is 0 Å². The summed E-state index contributed by atoms with van der Waals surface area (Å²) in [5.41, 5.74) is 16.0. The largest absolute Gasteiger partial charge is 0.228 e. The number of hydrogen-bond donors (Lipinski definition) is 0. The molecule has 0 unspecified atom stereocenters. The lowest BCUT2D eigenvalue weighted by molar-refractivity contribution is 1.18. The van der Waals surface area contributed by atoms with Gasteiger partial charge < -0.3 is 0 Å². The maximum absolute atomic E-state index is 10.4. The molecule has 326 valence electrons. The van der Waals surface area contributed by atoms with Gasteiger partial charge in [0, 0.05) is 38.9 Å². The van der Waals surface area contributed by atoms with Crippen LogP contribution in [0.2, 0.25) is 0 Å². The van der Waals surface area contributed by atoms with Crippen LogP contribution in [-0.2, 0) is 0 Å². The van der Waals surface area contributed by atoms with Gasteiger partial charge in [0.05, 0.1) is 34.4 Å². The SMILES string of the molecule is N#Cc1ccccc1-c1cc(-c2ccc(-c3cc(-c4cccc5ccccc45)nc(-c4ccccc4)n3)cc2)ccc1-c1ccc(-c2cc(-c3cccc4ccccc34)nc(-c3ccccc3)n2)cc1. The van der Waals surface area contributed by atoms with Gasteiger partial charge >= 0.3 is 0 Å². The van der Waals surface area contributed by atoms with Crippen molar-refractivity contribution in [3.8, 4) is 107 Å². The molecule has 0 bridgehead atoms. The molecule has 70 heavy (non-hydrogen) atoms. The lowest BCUT2D eigenvalue weighted by Gasteiger charge is -2.15. The van der Waals surface area contributed by atoms with Gasteiger partial charge in [-0.1, -0.05) is 224 Å². The molecule has 0 N–H and O–H groups in total. The molecule has 0 atom stereocenters. The number of fused-ring (bicyclic) bond motifs is 2. The molecule has 0 saturated heterocycles. The summed E-state index contributed by atoms with van der Waals surface area (Å²) in [6.07, 6.45) is 0. The summed E-state index contributed by atoms with van der Waals surface area (Å²) in [7, 11) is 0. The van der Waals surface area contributed by atoms with Crippen LogP contribution in [0.25, 0.3) is 123 Å². The van der Waals surface area contributed by atoms with E-state index < -0.39 is 0 Å². The Kier molecular flexibility index (Phi) is 10.9. The Morgan fingerprint density at radius 2 is 0.671 bits per heavy atom. The van der Waals surface area contributed by atoms with Gasteiger partial charge in [-0.15, -0.1) is 0 Å². The zero-order valence-corrected chi connectivity index (χ0v) is 37.9. The van der Waals surface area contributed by atoms with Gasteiger partial charge in [0.25, 0.3) is 0 Å². The predicted octanol–water partition coefficient (Wildman–Crippen LogP) is 16.4. The Bertz CT molecular complexity index is 3920. The van der Waals surface area contributed by atoms with Crippen molar-refractivity contribution in [2.45, 2.75) is 0 Å². The molecular weight excluding hydrogens is 851 g/mol. The number of benzene rings is 10. The molecule has 2 heterocycles. The van der Waals surface area contributed by atoms with Gasteiger partial charge in [-0.3, -0.25) is 0 Å². The standard InChI is InChI=1S/C65H41N5/c66-42-52-21-9-12-26-55(52)59-39-51(43-29-33-47(34-30-43)60-40-62(69-64(67-60)49-17-3-1-4-18-49)57-27-13-22-44-15-7-10-24-53(44)57)37-38-56(59)46-31-35-48(36-32-46)61-41-63(70-65(68-61)50-19-5-2-6-20-50)58-28-14-23-45-16-8-11-25-54(45)58/h1-41H. The maximum atomic E-state index is 10.4. The first-order chi connectivity index (χ1) is 34.6. The van der Waals surface area contributed by atoms with E-state index in [0.717, 1.165) is 111 Å². The van der Waals surface area contributed by atoms with E-state index in [9.17, 15) is 5.26 Å². The van der Waals surface area contributed by atoms with Crippen LogP contribution < -0.4 is 0 Å². The Hall–Kier alpha value is -9.63. The topological polar surface area (TPSA) is 75.3 Å². The smallest absolute Gasteiger partial charge is 0.160 e. The summed E-state index contributed by atoms with van der Waals surface area (Å²) in [6.45, 7) is 0. The van der Waals surface area contributed by atoms with Crippen LogP contribution >= 0.6 is 0 Å². The first-order valence-electron chi connectivity index (χ1n) is 23.3. The average molecular weight is 892 g/mol. The van der Waals surface area contributed by atoms with E-state index in [2.05, 4.69) is 194 Å². The molecule has 10 aromatic carbocycles. The molecule has 0 amide bonds. The van der Waals surface area contributed by atoms with Gasteiger partial charge in [-0.2, -0.15) is 5.26 Å². The average Bonchev–Trinajstić information content (AvgIpc) is 3.45. The maximum Gasteiger partial charge on any atom is 0.160 e. The highest BCUT2D eigenvalue weighted by Crippen LogP contribution is 2.40. The first-order valence-corrected chi connectivity index (χ1v) is 23.3. The van der Waals surface area contributed by atoms with E-state index in [1.54, 1.807) is 0 Å². The number of nitrogens with zero attached hydrogens (tertiary/aromatic N) is 5. The number of aromatic nitrogens is 4. The summed E-state index contributed by atoms with van der Waals surface area (Å²) in [5.74, 6) is 1.35. The second kappa shape index (κ2) is 18.2. The molecular formula is C65H41N5. The zero-order chi connectivity index (χ0) is 46.8. The second-order valence-corrected chi connectivity index (χ2v) is 17.3. The molecule has 12 rings (SSSR count). The third kappa shape index (κ3) is 8.06. The summed E-state index contributed by atoms with van der Waals surface area (Å²) < 4.78 is 0. The normalized spacial score (nSPS) is 11.1. The van der Waals surface area contributed by atoms with Crippen molar-refractivity contribution in [3.63, 3.8) is 0 Å². The Balaban J connectivity index is 0.919. The highest BCUT2D eigenvalue weighted by molar-refractivity contribution is 5.98. The number of nitriles is 1. The van der Waals surface area contributed by atoms with Crippen molar-refractivity contribution in [1.82, 2.24) is 19.9 Å². The fourth-order valence-electron chi connectivity index (χ4n) is 9.46. The summed E-state index contributed by atoms with van der Waals surface area (Å²) in [4.78, 5) is 20.5. The van der Waals surface area contributed by atoms with Gasteiger partial charge in [0.15, 0.2) is 11.6 Å². The molecule has 5 heteroatoms. The van der Waals surface area contributed by atoms with Crippen LogP contribution in [-0.4, -0.2) is 19.9 Å². The minimum absolute atomic E-state index is 0.614. The van der Waals surface area contributed by atoms with E-state index in [1.165, 1.54) is 0 Å². The Morgan fingerprint density at radius 3 is 1.21 bits per heavy atom. The van der Waals surface area contributed by atoms with Gasteiger partial charge in [-0.25, -0.2) is 19.9 Å². The Morgan fingerprint density at radius 1 is 0.257 bits per heavy atom. The lowest BCUT2D eigenvalue weighted by Crippen LogP contribution is -1.96. The number of hydrogen-bond acceptors (Lipinski definition) is 5. The summed E-state index contributed by atoms with van der Waals surface area (Å²) >= 11 is 0. The third-order valence-corrected chi connectivity index (χ3v) is 13.0. The minimum Gasteiger partial charge on any atom is -0.228 e. The van der Waals surface area contributed by atoms with E-state index in [0.29, 0.717) is 17.2 Å². The second-order valence-electron chi connectivity index (χ2n) is 17.3. The van der Waals surface area contributed by atoms with Crippen LogP contribution in [0.5, 0.6) is 0 Å². The van der Waals surface area contributed by atoms with Crippen LogP contribution in [0.15, 0.2) is 249 Å². The van der Waals surface area contributed by atoms with Gasteiger partial charge in [0.1, 0.15) is 0 Å². The molecule has 0 radical (unpaired) electrons. The molecule has 2 aromatic heterocycles. The Labute approximate surface area is 406 Å². The molecule has 12 aromatic rings. The molecule has 5 nitrogen and oxygen atoms in total. The predicted molar refractivity (Wildman–Crippen MR) is 286 cm³/mol. The first kappa shape index (κ1) is 41.8. The molecule has 0 saturated carbocycles. The van der Waals surface area contributed by atoms with E-state index in [4.69, 9.17) is 19.9 Å². The minimum atomic E-state index is 0.614. The zero-order valence-electron chi connectivity index (χ0n) is 37.9. The monoisotopic (exact) mass is 891 g/mol.